The van der Waals surface area contributed by atoms with Crippen molar-refractivity contribution in [3.63, 3.8) is 0 Å². The van der Waals surface area contributed by atoms with Gasteiger partial charge in [0.1, 0.15) is 6.54 Å². The maximum absolute atomic E-state index is 11.9. The first-order valence-corrected chi connectivity index (χ1v) is 6.02. The molecule has 106 valence electrons. The summed E-state index contributed by atoms with van der Waals surface area (Å²) in [5.41, 5.74) is 0. The van der Waals surface area contributed by atoms with Crippen molar-refractivity contribution in [1.29, 1.82) is 0 Å². The molecule has 1 rings (SSSR count). The van der Waals surface area contributed by atoms with Gasteiger partial charge >= 0.3 is 6.18 Å². The molecule has 1 heterocycles. The average molecular weight is 268 g/mol. The number of nitrogens with zero attached hydrogens (tertiary/aromatic N) is 1. The normalized spacial score (nSPS) is 20.7. The Balaban J connectivity index is 2.22. The minimum Gasteiger partial charge on any atom is -0.393 e. The second kappa shape index (κ2) is 6.38. The van der Waals surface area contributed by atoms with E-state index >= 15 is 0 Å². The molecule has 0 aromatic rings. The van der Waals surface area contributed by atoms with Crippen LogP contribution in [0.15, 0.2) is 0 Å². The minimum absolute atomic E-state index is 0.0113. The van der Waals surface area contributed by atoms with Crippen LogP contribution in [0.5, 0.6) is 0 Å². The number of nitrogens with one attached hydrogen (secondary N) is 1. The van der Waals surface area contributed by atoms with E-state index in [1.165, 1.54) is 0 Å². The highest BCUT2D eigenvalue weighted by atomic mass is 19.4. The Morgan fingerprint density at radius 1 is 1.44 bits per heavy atom. The monoisotopic (exact) mass is 268 g/mol. The number of amides is 1. The molecule has 0 bridgehead atoms. The fourth-order valence-electron chi connectivity index (χ4n) is 2.05. The predicted molar refractivity (Wildman–Crippen MR) is 59.9 cm³/mol. The fourth-order valence-corrected chi connectivity index (χ4v) is 2.05. The Morgan fingerprint density at radius 3 is 2.44 bits per heavy atom. The summed E-state index contributed by atoms with van der Waals surface area (Å²) >= 11 is 0. The molecule has 0 saturated carbocycles. The largest absolute Gasteiger partial charge is 0.405 e. The van der Waals surface area contributed by atoms with E-state index in [0.717, 1.165) is 12.8 Å². The van der Waals surface area contributed by atoms with Crippen molar-refractivity contribution < 1.29 is 23.1 Å². The van der Waals surface area contributed by atoms with E-state index in [1.807, 2.05) is 10.2 Å². The van der Waals surface area contributed by atoms with Crippen LogP contribution in [0.4, 0.5) is 13.2 Å². The van der Waals surface area contributed by atoms with E-state index < -0.39 is 18.6 Å². The molecule has 1 aliphatic heterocycles. The van der Waals surface area contributed by atoms with E-state index in [0.29, 0.717) is 13.1 Å². The number of hydrogen-bond donors (Lipinski definition) is 2. The maximum atomic E-state index is 11.9. The molecule has 1 fully saturated rings. The Morgan fingerprint density at radius 2 is 2.00 bits per heavy atom. The summed E-state index contributed by atoms with van der Waals surface area (Å²) in [5.74, 6) is -0.387. The number of carbonyl (C=O) groups excluding carboxylic acids is 1. The van der Waals surface area contributed by atoms with Gasteiger partial charge in [-0.2, -0.15) is 13.2 Å². The van der Waals surface area contributed by atoms with Crippen molar-refractivity contribution in [1.82, 2.24) is 10.2 Å². The number of likely N-dealkylation sites (tertiary alicyclic amines) is 1. The number of halogens is 3. The lowest BCUT2D eigenvalue weighted by molar-refractivity contribution is -0.139. The maximum Gasteiger partial charge on any atom is 0.405 e. The van der Waals surface area contributed by atoms with Crippen molar-refractivity contribution >= 4 is 5.91 Å². The molecule has 18 heavy (non-hydrogen) atoms. The molecule has 1 saturated heterocycles. The quantitative estimate of drug-likeness (QED) is 0.791. The molecule has 0 spiro atoms. The molecule has 0 aromatic heterocycles. The Hall–Kier alpha value is -0.820. The van der Waals surface area contributed by atoms with Crippen molar-refractivity contribution in [2.45, 2.75) is 32.0 Å². The number of aliphatic hydroxyl groups is 1. The lowest BCUT2D eigenvalue weighted by atomic mass is 9.92. The van der Waals surface area contributed by atoms with Gasteiger partial charge in [-0.15, -0.1) is 0 Å². The zero-order valence-electron chi connectivity index (χ0n) is 10.3. The summed E-state index contributed by atoms with van der Waals surface area (Å²) in [4.78, 5) is 13.1. The second-order valence-electron chi connectivity index (χ2n) is 4.75. The van der Waals surface area contributed by atoms with Crippen LogP contribution in [0.25, 0.3) is 0 Å². The third kappa shape index (κ3) is 5.68. The fraction of sp³-hybridized carbons (Fsp3) is 0.909. The highest BCUT2D eigenvalue weighted by molar-refractivity contribution is 5.78. The second-order valence-corrected chi connectivity index (χ2v) is 4.75. The van der Waals surface area contributed by atoms with Gasteiger partial charge < -0.3 is 10.4 Å². The molecule has 1 atom stereocenters. The van der Waals surface area contributed by atoms with Gasteiger partial charge in [-0.3, -0.25) is 9.69 Å². The van der Waals surface area contributed by atoms with Crippen LogP contribution in [0.1, 0.15) is 19.8 Å². The van der Waals surface area contributed by atoms with E-state index in [-0.39, 0.29) is 18.6 Å². The van der Waals surface area contributed by atoms with Crippen molar-refractivity contribution in [2.75, 3.05) is 26.2 Å². The number of alkyl halides is 3. The highest BCUT2D eigenvalue weighted by Gasteiger charge is 2.28. The van der Waals surface area contributed by atoms with Gasteiger partial charge in [-0.1, -0.05) is 0 Å². The van der Waals surface area contributed by atoms with Crippen LogP contribution in [0.3, 0.4) is 0 Å². The first-order valence-electron chi connectivity index (χ1n) is 6.02. The number of hydrogen-bond acceptors (Lipinski definition) is 3. The van der Waals surface area contributed by atoms with Crippen molar-refractivity contribution in [3.05, 3.63) is 0 Å². The molecule has 7 heteroatoms. The summed E-state index contributed by atoms with van der Waals surface area (Å²) in [5, 5.41) is 11.2. The van der Waals surface area contributed by atoms with E-state index in [9.17, 15) is 23.1 Å². The van der Waals surface area contributed by atoms with Gasteiger partial charge in [-0.25, -0.2) is 0 Å². The summed E-state index contributed by atoms with van der Waals surface area (Å²) in [6.45, 7) is 1.71. The topological polar surface area (TPSA) is 52.6 Å². The van der Waals surface area contributed by atoms with Crippen LogP contribution in [-0.4, -0.2) is 54.4 Å². The molecule has 1 amide bonds. The van der Waals surface area contributed by atoms with Gasteiger partial charge in [0.25, 0.3) is 0 Å². The third-order valence-electron chi connectivity index (χ3n) is 3.17. The first-order chi connectivity index (χ1) is 8.28. The van der Waals surface area contributed by atoms with Gasteiger partial charge in [0.05, 0.1) is 12.6 Å². The molecular weight excluding hydrogens is 249 g/mol. The highest BCUT2D eigenvalue weighted by Crippen LogP contribution is 2.20. The number of rotatable bonds is 4. The molecule has 0 aromatic carbocycles. The van der Waals surface area contributed by atoms with E-state index in [1.54, 1.807) is 6.92 Å². The average Bonchev–Trinajstić information content (AvgIpc) is 2.26. The number of carbonyl (C=O) groups is 1. The Labute approximate surface area is 104 Å². The summed E-state index contributed by atoms with van der Waals surface area (Å²) in [6, 6.07) is 0. The molecule has 1 unspecified atom stereocenters. The van der Waals surface area contributed by atoms with Crippen LogP contribution in [0.2, 0.25) is 0 Å². The summed E-state index contributed by atoms with van der Waals surface area (Å²) < 4.78 is 35.6. The lowest BCUT2D eigenvalue weighted by Crippen LogP contribution is -2.44. The molecule has 2 N–H and O–H groups in total. The van der Waals surface area contributed by atoms with Crippen LogP contribution < -0.4 is 5.32 Å². The van der Waals surface area contributed by atoms with Crippen LogP contribution >= 0.6 is 0 Å². The Kier molecular flexibility index (Phi) is 5.40. The Bertz CT molecular complexity index is 274. The van der Waals surface area contributed by atoms with Gasteiger partial charge in [-0.05, 0) is 38.8 Å². The third-order valence-corrected chi connectivity index (χ3v) is 3.17. The lowest BCUT2D eigenvalue weighted by Gasteiger charge is -2.32. The predicted octanol–water partition coefficient (Wildman–Crippen LogP) is 0.758. The first kappa shape index (κ1) is 15.2. The minimum atomic E-state index is -4.37. The van der Waals surface area contributed by atoms with Crippen LogP contribution in [-0.2, 0) is 4.79 Å². The summed E-state index contributed by atoms with van der Waals surface area (Å²) in [7, 11) is 0. The smallest absolute Gasteiger partial charge is 0.393 e. The molecule has 0 aliphatic carbocycles. The zero-order chi connectivity index (χ0) is 13.8. The SMILES string of the molecule is CC(O)C1CCN(CC(=O)NCC(F)(F)F)CC1. The molecule has 4 nitrogen and oxygen atoms in total. The van der Waals surface area contributed by atoms with E-state index in [2.05, 4.69) is 0 Å². The molecular formula is C11H19F3N2O2. The van der Waals surface area contributed by atoms with E-state index in [4.69, 9.17) is 0 Å². The van der Waals surface area contributed by atoms with Crippen molar-refractivity contribution in [2.24, 2.45) is 5.92 Å². The standard InChI is InChI=1S/C11H19F3N2O2/c1-8(17)9-2-4-16(5-3-9)6-10(18)15-7-11(12,13)14/h8-9,17H,2-7H2,1H3,(H,15,18). The number of aliphatic hydroxyl groups excluding tert-OH is 1. The van der Waals surface area contributed by atoms with Gasteiger partial charge in [0, 0.05) is 0 Å². The van der Waals surface area contributed by atoms with Gasteiger partial charge in [0.2, 0.25) is 5.91 Å². The zero-order valence-corrected chi connectivity index (χ0v) is 10.3. The molecule has 0 radical (unpaired) electrons. The van der Waals surface area contributed by atoms with Crippen LogP contribution in [0, 0.1) is 5.92 Å². The number of piperidine rings is 1. The van der Waals surface area contributed by atoms with Gasteiger partial charge in [0.15, 0.2) is 0 Å². The summed E-state index contributed by atoms with van der Waals surface area (Å²) in [6.07, 6.45) is -3.20. The van der Waals surface area contributed by atoms with Crippen molar-refractivity contribution in [3.8, 4) is 0 Å². The molecule has 1 aliphatic rings.